The Morgan fingerprint density at radius 1 is 1.00 bits per heavy atom. The van der Waals surface area contributed by atoms with Crippen molar-refractivity contribution in [3.05, 3.63) is 12.2 Å². The van der Waals surface area contributed by atoms with Crippen LogP contribution in [0.15, 0.2) is 12.2 Å². The first-order valence-corrected chi connectivity index (χ1v) is 8.32. The van der Waals surface area contributed by atoms with Crippen LogP contribution >= 0.6 is 15.9 Å². The number of alkyl halides is 1. The van der Waals surface area contributed by atoms with Gasteiger partial charge in [-0.2, -0.15) is 0 Å². The van der Waals surface area contributed by atoms with Crippen molar-refractivity contribution in [2.24, 2.45) is 0 Å². The Balaban J connectivity index is 3.13. The number of carbonyl (C=O) groups is 1. The van der Waals surface area contributed by atoms with Crippen LogP contribution < -0.4 is 0 Å². The highest BCUT2D eigenvalue weighted by atomic mass is 79.9. The normalized spacial score (nSPS) is 11.0. The van der Waals surface area contributed by atoms with E-state index in [2.05, 4.69) is 15.9 Å². The Morgan fingerprint density at radius 3 is 2.11 bits per heavy atom. The number of esters is 1. The van der Waals surface area contributed by atoms with Gasteiger partial charge in [0.1, 0.15) is 0 Å². The van der Waals surface area contributed by atoms with Crippen LogP contribution in [-0.4, -0.2) is 17.9 Å². The van der Waals surface area contributed by atoms with Gasteiger partial charge in [-0.15, -0.1) is 0 Å². The van der Waals surface area contributed by atoms with Gasteiger partial charge in [0.25, 0.3) is 0 Å². The molecule has 3 heteroatoms. The van der Waals surface area contributed by atoms with Gasteiger partial charge < -0.3 is 4.74 Å². The van der Waals surface area contributed by atoms with E-state index in [-0.39, 0.29) is 5.97 Å². The molecule has 2 nitrogen and oxygen atoms in total. The van der Waals surface area contributed by atoms with E-state index in [9.17, 15) is 4.79 Å². The summed E-state index contributed by atoms with van der Waals surface area (Å²) in [6.45, 7) is 2.28. The highest BCUT2D eigenvalue weighted by molar-refractivity contribution is 9.09. The van der Waals surface area contributed by atoms with E-state index in [0.717, 1.165) is 11.8 Å². The largest absolute Gasteiger partial charge is 0.463 e. The van der Waals surface area contributed by atoms with E-state index < -0.39 is 0 Å². The molecule has 0 aromatic rings. The van der Waals surface area contributed by atoms with Crippen molar-refractivity contribution in [2.45, 2.75) is 64.7 Å². The lowest BCUT2D eigenvalue weighted by atomic mass is 10.1. The molecule has 0 saturated carbocycles. The average Bonchev–Trinajstić information content (AvgIpc) is 2.36. The van der Waals surface area contributed by atoms with E-state index in [1.807, 2.05) is 13.0 Å². The van der Waals surface area contributed by atoms with Gasteiger partial charge in [-0.05, 0) is 26.2 Å². The predicted molar refractivity (Wildman–Crippen MR) is 81.1 cm³/mol. The molecule has 0 amide bonds. The van der Waals surface area contributed by atoms with Crippen LogP contribution in [0.1, 0.15) is 64.7 Å². The fourth-order valence-electron chi connectivity index (χ4n) is 1.79. The summed E-state index contributed by atoms with van der Waals surface area (Å²) in [6.07, 6.45) is 15.0. The summed E-state index contributed by atoms with van der Waals surface area (Å²) in [4.78, 5) is 11.0. The first-order valence-electron chi connectivity index (χ1n) is 7.20. The van der Waals surface area contributed by atoms with Gasteiger partial charge in [0.15, 0.2) is 0 Å². The number of halogens is 1. The summed E-state index contributed by atoms with van der Waals surface area (Å²) in [5.41, 5.74) is 0. The molecule has 106 valence electrons. The van der Waals surface area contributed by atoms with Crippen molar-refractivity contribution in [1.29, 1.82) is 0 Å². The van der Waals surface area contributed by atoms with Crippen molar-refractivity contribution in [3.8, 4) is 0 Å². The number of rotatable bonds is 12. The van der Waals surface area contributed by atoms with Gasteiger partial charge in [-0.3, -0.25) is 0 Å². The van der Waals surface area contributed by atoms with E-state index in [4.69, 9.17) is 4.74 Å². The monoisotopic (exact) mass is 318 g/mol. The SMILES string of the molecule is CCOC(=O)/C=C/CCCCCCCCCCBr. The maximum atomic E-state index is 11.0. The molecule has 0 aromatic heterocycles. The molecule has 0 spiro atoms. The second-order valence-electron chi connectivity index (χ2n) is 4.46. The number of ether oxygens (including phenoxy) is 1. The Labute approximate surface area is 120 Å². The molecule has 0 fully saturated rings. The first-order chi connectivity index (χ1) is 8.81. The molecule has 0 unspecified atom stereocenters. The first kappa shape index (κ1) is 17.7. The molecule has 0 heterocycles. The average molecular weight is 319 g/mol. The van der Waals surface area contributed by atoms with Crippen LogP contribution in [0.25, 0.3) is 0 Å². The fraction of sp³-hybridized carbons (Fsp3) is 0.800. The van der Waals surface area contributed by atoms with E-state index in [0.29, 0.717) is 6.61 Å². The minimum absolute atomic E-state index is 0.218. The minimum atomic E-state index is -0.218. The van der Waals surface area contributed by atoms with Gasteiger partial charge in [0.2, 0.25) is 0 Å². The van der Waals surface area contributed by atoms with Crippen LogP contribution in [0, 0.1) is 0 Å². The molecule has 0 rings (SSSR count). The standard InChI is InChI=1S/C15H27BrO2/c1-2-18-15(17)13-11-9-7-5-3-4-6-8-10-12-14-16/h11,13H,2-10,12,14H2,1H3/b13-11+. The smallest absolute Gasteiger partial charge is 0.330 e. The second kappa shape index (κ2) is 14.7. The molecule has 0 saturated heterocycles. The molecule has 0 aliphatic carbocycles. The highest BCUT2D eigenvalue weighted by Crippen LogP contribution is 2.10. The number of hydrogen-bond donors (Lipinski definition) is 0. The number of carbonyl (C=O) groups excluding carboxylic acids is 1. The Bertz CT molecular complexity index is 215. The second-order valence-corrected chi connectivity index (χ2v) is 5.25. The van der Waals surface area contributed by atoms with Crippen LogP contribution in [0.2, 0.25) is 0 Å². The summed E-state index contributed by atoms with van der Waals surface area (Å²) in [5, 5.41) is 1.14. The van der Waals surface area contributed by atoms with Crippen LogP contribution in [0.5, 0.6) is 0 Å². The summed E-state index contributed by atoms with van der Waals surface area (Å²) in [7, 11) is 0. The zero-order valence-corrected chi connectivity index (χ0v) is 13.2. The van der Waals surface area contributed by atoms with Gasteiger partial charge in [0.05, 0.1) is 6.61 Å². The highest BCUT2D eigenvalue weighted by Gasteiger charge is 1.93. The van der Waals surface area contributed by atoms with Crippen LogP contribution in [-0.2, 0) is 9.53 Å². The molecule has 0 atom stereocenters. The van der Waals surface area contributed by atoms with Crippen molar-refractivity contribution >= 4 is 21.9 Å². The Hall–Kier alpha value is -0.310. The lowest BCUT2D eigenvalue weighted by Crippen LogP contribution is -1.98. The minimum Gasteiger partial charge on any atom is -0.463 e. The third-order valence-electron chi connectivity index (χ3n) is 2.79. The third kappa shape index (κ3) is 13.8. The molecule has 0 aromatic carbocycles. The van der Waals surface area contributed by atoms with E-state index >= 15 is 0 Å². The maximum absolute atomic E-state index is 11.0. The third-order valence-corrected chi connectivity index (χ3v) is 3.36. The maximum Gasteiger partial charge on any atom is 0.330 e. The lowest BCUT2D eigenvalue weighted by Gasteiger charge is -2.00. The lowest BCUT2D eigenvalue weighted by molar-refractivity contribution is -0.137. The number of allylic oxidation sites excluding steroid dienone is 1. The zero-order valence-electron chi connectivity index (χ0n) is 11.6. The van der Waals surface area contributed by atoms with Crippen LogP contribution in [0.3, 0.4) is 0 Å². The summed E-state index contributed by atoms with van der Waals surface area (Å²) in [6, 6.07) is 0. The Morgan fingerprint density at radius 2 is 1.56 bits per heavy atom. The molecular formula is C15H27BrO2. The molecule has 0 bridgehead atoms. The molecule has 0 aliphatic rings. The van der Waals surface area contributed by atoms with Gasteiger partial charge in [-0.25, -0.2) is 4.79 Å². The van der Waals surface area contributed by atoms with E-state index in [1.165, 1.54) is 51.4 Å². The zero-order chi connectivity index (χ0) is 13.5. The molecular weight excluding hydrogens is 292 g/mol. The molecule has 0 radical (unpaired) electrons. The Kier molecular flexibility index (Phi) is 14.5. The summed E-state index contributed by atoms with van der Waals surface area (Å²) >= 11 is 3.45. The molecule has 0 aliphatic heterocycles. The summed E-state index contributed by atoms with van der Waals surface area (Å²) in [5.74, 6) is -0.218. The van der Waals surface area contributed by atoms with Crippen molar-refractivity contribution in [3.63, 3.8) is 0 Å². The predicted octanol–water partition coefficient (Wildman–Crippen LogP) is 5.01. The van der Waals surface area contributed by atoms with Gasteiger partial charge >= 0.3 is 5.97 Å². The summed E-state index contributed by atoms with van der Waals surface area (Å²) < 4.78 is 4.80. The number of unbranched alkanes of at least 4 members (excludes halogenated alkanes) is 8. The van der Waals surface area contributed by atoms with E-state index in [1.54, 1.807) is 6.08 Å². The molecule has 18 heavy (non-hydrogen) atoms. The quantitative estimate of drug-likeness (QED) is 0.219. The fourth-order valence-corrected chi connectivity index (χ4v) is 2.18. The van der Waals surface area contributed by atoms with Crippen molar-refractivity contribution in [1.82, 2.24) is 0 Å². The topological polar surface area (TPSA) is 26.3 Å². The van der Waals surface area contributed by atoms with Gasteiger partial charge in [-0.1, -0.05) is 60.5 Å². The van der Waals surface area contributed by atoms with Crippen molar-refractivity contribution in [2.75, 3.05) is 11.9 Å². The molecule has 0 N–H and O–H groups in total. The van der Waals surface area contributed by atoms with Crippen molar-refractivity contribution < 1.29 is 9.53 Å². The van der Waals surface area contributed by atoms with Crippen LogP contribution in [0.4, 0.5) is 0 Å². The number of hydrogen-bond acceptors (Lipinski definition) is 2. The van der Waals surface area contributed by atoms with Gasteiger partial charge in [0, 0.05) is 11.4 Å².